The number of primary amides is 1. The number of carbonyl (C=O) groups is 2. The van der Waals surface area contributed by atoms with E-state index in [4.69, 9.17) is 10.5 Å². The third-order valence-electron chi connectivity index (χ3n) is 2.83. The average Bonchev–Trinajstić information content (AvgIpc) is 2.70. The minimum Gasteiger partial charge on any atom is -0.377 e. The van der Waals surface area contributed by atoms with Gasteiger partial charge >= 0.3 is 6.03 Å². The van der Waals surface area contributed by atoms with E-state index >= 15 is 0 Å². The minimum absolute atomic E-state index is 0.210. The molecule has 2 atom stereocenters. The maximum absolute atomic E-state index is 11.8. The number of ether oxygens (including phenoxy) is 1. The highest BCUT2D eigenvalue weighted by molar-refractivity contribution is 5.85. The van der Waals surface area contributed by atoms with E-state index < -0.39 is 11.9 Å². The summed E-state index contributed by atoms with van der Waals surface area (Å²) in [6.07, 6.45) is 2.00. The highest BCUT2D eigenvalue weighted by Gasteiger charge is 2.37. The molecule has 2 unspecified atom stereocenters. The molecule has 2 heterocycles. The van der Waals surface area contributed by atoms with Crippen LogP contribution in [-0.4, -0.2) is 41.5 Å². The van der Waals surface area contributed by atoms with E-state index in [0.29, 0.717) is 12.3 Å². The molecule has 0 spiro atoms. The highest BCUT2D eigenvalue weighted by Crippen LogP contribution is 2.29. The Labute approximate surface area is 97.9 Å². The fourth-order valence-corrected chi connectivity index (χ4v) is 1.90. The number of carbonyl (C=O) groups excluding carboxylic acids is 2. The van der Waals surface area contributed by atoms with Crippen molar-refractivity contribution in [1.29, 1.82) is 0 Å². The van der Waals surface area contributed by atoms with Gasteiger partial charge in [0.15, 0.2) is 0 Å². The molecule has 1 aliphatic rings. The summed E-state index contributed by atoms with van der Waals surface area (Å²) < 4.78 is 6.35. The number of amides is 2. The number of nitrogens with one attached hydrogen (secondary N) is 1. The Morgan fingerprint density at radius 3 is 2.88 bits per heavy atom. The lowest BCUT2D eigenvalue weighted by atomic mass is 9.92. The molecule has 2 amide bonds. The van der Waals surface area contributed by atoms with Crippen LogP contribution in [0.2, 0.25) is 0 Å². The Morgan fingerprint density at radius 1 is 1.71 bits per heavy atom. The lowest BCUT2D eigenvalue weighted by molar-refractivity contribution is -0.132. The summed E-state index contributed by atoms with van der Waals surface area (Å²) in [6, 6.07) is 0.894. The number of nitrogens with zero attached hydrogens (tertiary/aromatic N) is 2. The van der Waals surface area contributed by atoms with Gasteiger partial charge in [-0.1, -0.05) is 0 Å². The van der Waals surface area contributed by atoms with E-state index in [1.807, 2.05) is 0 Å². The van der Waals surface area contributed by atoms with Crippen LogP contribution < -0.4 is 11.1 Å². The van der Waals surface area contributed by atoms with Crippen molar-refractivity contribution in [3.05, 3.63) is 18.0 Å². The van der Waals surface area contributed by atoms with Crippen molar-refractivity contribution in [3.8, 4) is 0 Å². The highest BCUT2D eigenvalue weighted by atomic mass is 16.5. The van der Waals surface area contributed by atoms with Crippen LogP contribution in [-0.2, 0) is 9.53 Å². The molecule has 1 aromatic rings. The van der Waals surface area contributed by atoms with Gasteiger partial charge in [-0.2, -0.15) is 9.78 Å². The Morgan fingerprint density at radius 2 is 2.41 bits per heavy atom. The molecule has 0 aromatic carbocycles. The van der Waals surface area contributed by atoms with Gasteiger partial charge in [-0.05, 0) is 12.5 Å². The van der Waals surface area contributed by atoms with Gasteiger partial charge in [-0.15, -0.1) is 0 Å². The lowest BCUT2D eigenvalue weighted by Gasteiger charge is -2.32. The van der Waals surface area contributed by atoms with E-state index in [1.54, 1.807) is 13.1 Å². The molecule has 17 heavy (non-hydrogen) atoms. The third-order valence-corrected chi connectivity index (χ3v) is 2.83. The van der Waals surface area contributed by atoms with Crippen molar-refractivity contribution in [2.75, 3.05) is 13.7 Å². The summed E-state index contributed by atoms with van der Waals surface area (Å²) in [7, 11) is 1.54. The molecule has 0 radical (unpaired) electrons. The molecule has 1 aliphatic heterocycles. The molecule has 0 aliphatic carbocycles. The zero-order chi connectivity index (χ0) is 12.4. The van der Waals surface area contributed by atoms with Crippen LogP contribution in [0.5, 0.6) is 0 Å². The molecule has 0 bridgehead atoms. The Hall–Kier alpha value is -1.89. The summed E-state index contributed by atoms with van der Waals surface area (Å²) in [6.45, 7) is 0.628. The Kier molecular flexibility index (Phi) is 3.10. The summed E-state index contributed by atoms with van der Waals surface area (Å²) in [5.41, 5.74) is 5.65. The summed E-state index contributed by atoms with van der Waals surface area (Å²) >= 11 is 0. The van der Waals surface area contributed by atoms with Crippen molar-refractivity contribution in [2.45, 2.75) is 18.4 Å². The first kappa shape index (κ1) is 11.6. The smallest absolute Gasteiger partial charge is 0.339 e. The molecular weight excluding hydrogens is 224 g/mol. The maximum atomic E-state index is 11.8. The lowest BCUT2D eigenvalue weighted by Crippen LogP contribution is -2.43. The predicted octanol–water partition coefficient (Wildman–Crippen LogP) is -0.572. The predicted molar refractivity (Wildman–Crippen MR) is 58.4 cm³/mol. The average molecular weight is 238 g/mol. The molecule has 2 rings (SSSR count). The second-order valence-corrected chi connectivity index (χ2v) is 3.80. The van der Waals surface area contributed by atoms with Gasteiger partial charge in [0.1, 0.15) is 5.92 Å². The fraction of sp³-hybridized carbons (Fsp3) is 0.500. The van der Waals surface area contributed by atoms with Gasteiger partial charge in [0.05, 0.1) is 11.8 Å². The van der Waals surface area contributed by atoms with Crippen molar-refractivity contribution in [3.63, 3.8) is 0 Å². The molecular formula is C10H14N4O3. The van der Waals surface area contributed by atoms with Crippen LogP contribution in [0.4, 0.5) is 4.79 Å². The molecule has 7 nitrogen and oxygen atoms in total. The standard InChI is InChI=1S/C10H14N4O3/c1-12-9(15)8(7-3-5-17-7)6-2-4-13-14(6)10(11)16/h2,4,7-8H,3,5H2,1H3,(H2,11,16)(H,12,15). The van der Waals surface area contributed by atoms with E-state index in [9.17, 15) is 9.59 Å². The second-order valence-electron chi connectivity index (χ2n) is 3.80. The minimum atomic E-state index is -0.710. The van der Waals surface area contributed by atoms with E-state index in [2.05, 4.69) is 10.4 Å². The zero-order valence-electron chi connectivity index (χ0n) is 9.42. The first-order valence-electron chi connectivity index (χ1n) is 5.32. The fourth-order valence-electron chi connectivity index (χ4n) is 1.90. The number of likely N-dealkylation sites (N-methyl/N-ethyl adjacent to an activating group) is 1. The van der Waals surface area contributed by atoms with Gasteiger partial charge < -0.3 is 15.8 Å². The Balaban J connectivity index is 2.34. The summed E-state index contributed by atoms with van der Waals surface area (Å²) in [4.78, 5) is 23.0. The topological polar surface area (TPSA) is 99.2 Å². The molecule has 0 saturated carbocycles. The first-order valence-corrected chi connectivity index (χ1v) is 5.32. The maximum Gasteiger partial charge on any atom is 0.339 e. The van der Waals surface area contributed by atoms with Crippen LogP contribution in [0.3, 0.4) is 0 Å². The second kappa shape index (κ2) is 4.54. The third kappa shape index (κ3) is 2.01. The first-order chi connectivity index (χ1) is 8.15. The monoisotopic (exact) mass is 238 g/mol. The molecule has 1 fully saturated rings. The number of hydrogen-bond donors (Lipinski definition) is 2. The molecule has 92 valence electrons. The molecule has 3 N–H and O–H groups in total. The normalized spacial score (nSPS) is 20.4. The number of rotatable bonds is 3. The van der Waals surface area contributed by atoms with Crippen molar-refractivity contribution < 1.29 is 14.3 Å². The number of nitrogens with two attached hydrogens (primary N) is 1. The largest absolute Gasteiger partial charge is 0.377 e. The molecule has 1 aromatic heterocycles. The Bertz CT molecular complexity index is 439. The van der Waals surface area contributed by atoms with Gasteiger partial charge in [0, 0.05) is 19.9 Å². The zero-order valence-corrected chi connectivity index (χ0v) is 9.42. The van der Waals surface area contributed by atoms with Gasteiger partial charge in [0.25, 0.3) is 0 Å². The van der Waals surface area contributed by atoms with Crippen LogP contribution in [0.15, 0.2) is 12.3 Å². The van der Waals surface area contributed by atoms with E-state index in [-0.39, 0.29) is 12.0 Å². The van der Waals surface area contributed by atoms with Crippen LogP contribution in [0.1, 0.15) is 18.0 Å². The molecule has 1 saturated heterocycles. The van der Waals surface area contributed by atoms with Gasteiger partial charge in [-0.25, -0.2) is 4.79 Å². The summed E-state index contributed by atoms with van der Waals surface area (Å²) in [5.74, 6) is -0.763. The van der Waals surface area contributed by atoms with Crippen molar-refractivity contribution in [1.82, 2.24) is 15.1 Å². The van der Waals surface area contributed by atoms with Crippen LogP contribution in [0, 0.1) is 0 Å². The molecule has 7 heteroatoms. The number of hydrogen-bond acceptors (Lipinski definition) is 4. The van der Waals surface area contributed by atoms with Gasteiger partial charge in [-0.3, -0.25) is 4.79 Å². The van der Waals surface area contributed by atoms with E-state index in [1.165, 1.54) is 6.20 Å². The van der Waals surface area contributed by atoms with E-state index in [0.717, 1.165) is 11.1 Å². The van der Waals surface area contributed by atoms with Gasteiger partial charge in [0.2, 0.25) is 5.91 Å². The van der Waals surface area contributed by atoms with Crippen molar-refractivity contribution >= 4 is 11.9 Å². The van der Waals surface area contributed by atoms with Crippen LogP contribution in [0.25, 0.3) is 0 Å². The van der Waals surface area contributed by atoms with Crippen LogP contribution >= 0.6 is 0 Å². The quantitative estimate of drug-likeness (QED) is 0.736. The SMILES string of the molecule is CNC(=O)C(c1ccnn1C(N)=O)C1CCO1. The van der Waals surface area contributed by atoms with Crippen molar-refractivity contribution in [2.24, 2.45) is 5.73 Å². The number of aromatic nitrogens is 2. The summed E-state index contributed by atoms with van der Waals surface area (Å²) in [5, 5.41) is 6.36.